The van der Waals surface area contributed by atoms with E-state index in [-0.39, 0.29) is 5.82 Å². The Morgan fingerprint density at radius 1 is 1.50 bits per heavy atom. The first kappa shape index (κ1) is 12.4. The van der Waals surface area contributed by atoms with Crippen LogP contribution in [0.4, 0.5) is 4.39 Å². The zero-order valence-electron chi connectivity index (χ0n) is 9.25. The van der Waals surface area contributed by atoms with Crippen molar-refractivity contribution in [1.29, 1.82) is 0 Å². The van der Waals surface area contributed by atoms with Crippen LogP contribution in [0.3, 0.4) is 0 Å². The van der Waals surface area contributed by atoms with E-state index in [0.717, 1.165) is 23.1 Å². The number of hydrogen-bond donors (Lipinski definition) is 0. The van der Waals surface area contributed by atoms with Crippen molar-refractivity contribution in [3.63, 3.8) is 0 Å². The van der Waals surface area contributed by atoms with Crippen LogP contribution in [-0.2, 0) is 6.54 Å². The summed E-state index contributed by atoms with van der Waals surface area (Å²) in [5, 5.41) is 0. The second kappa shape index (κ2) is 5.52. The third-order valence-electron chi connectivity index (χ3n) is 2.81. The number of rotatable bonds is 2. The predicted molar refractivity (Wildman–Crippen MR) is 71.3 cm³/mol. The lowest BCUT2D eigenvalue weighted by Gasteiger charge is -2.33. The van der Waals surface area contributed by atoms with E-state index in [2.05, 4.69) is 27.8 Å². The van der Waals surface area contributed by atoms with Crippen molar-refractivity contribution in [3.8, 4) is 0 Å². The number of nitrogens with zero attached hydrogens (tertiary/aromatic N) is 1. The molecule has 1 fully saturated rings. The summed E-state index contributed by atoms with van der Waals surface area (Å²) >= 11 is 5.33. The fourth-order valence-corrected chi connectivity index (χ4v) is 3.53. The van der Waals surface area contributed by atoms with Crippen molar-refractivity contribution >= 4 is 27.7 Å². The highest BCUT2D eigenvalue weighted by atomic mass is 79.9. The maximum absolute atomic E-state index is 13.2. The summed E-state index contributed by atoms with van der Waals surface area (Å²) in [5.74, 6) is 2.19. The van der Waals surface area contributed by atoms with Crippen LogP contribution >= 0.6 is 27.7 Å². The Kier molecular flexibility index (Phi) is 4.27. The first-order valence-electron chi connectivity index (χ1n) is 5.42. The Hall–Kier alpha value is -0.0600. The number of benzene rings is 1. The summed E-state index contributed by atoms with van der Waals surface area (Å²) in [6.45, 7) is 4.18. The van der Waals surface area contributed by atoms with Crippen molar-refractivity contribution in [2.75, 3.05) is 18.1 Å². The maximum Gasteiger partial charge on any atom is 0.124 e. The quantitative estimate of drug-likeness (QED) is 0.822. The highest BCUT2D eigenvalue weighted by Gasteiger charge is 2.18. The molecule has 0 aliphatic carbocycles. The van der Waals surface area contributed by atoms with Crippen molar-refractivity contribution < 1.29 is 4.39 Å². The molecule has 16 heavy (non-hydrogen) atoms. The third-order valence-corrected chi connectivity index (χ3v) is 4.46. The lowest BCUT2D eigenvalue weighted by molar-refractivity contribution is 0.223. The minimum atomic E-state index is -0.164. The first-order valence-corrected chi connectivity index (χ1v) is 7.36. The first-order chi connectivity index (χ1) is 7.65. The van der Waals surface area contributed by atoms with E-state index in [0.29, 0.717) is 6.04 Å². The fraction of sp³-hybridized carbons (Fsp3) is 0.500. The molecular formula is C12H15BrFNS. The van der Waals surface area contributed by atoms with Crippen LogP contribution in [0.2, 0.25) is 0 Å². The summed E-state index contributed by atoms with van der Waals surface area (Å²) in [5.41, 5.74) is 1.05. The van der Waals surface area contributed by atoms with Gasteiger partial charge in [0.05, 0.1) is 0 Å². The Balaban J connectivity index is 2.07. The molecule has 0 saturated carbocycles. The van der Waals surface area contributed by atoms with Gasteiger partial charge in [-0.05, 0) is 30.7 Å². The SMILES string of the molecule is CC1CSCCN1Cc1cc(F)cc(Br)c1. The van der Waals surface area contributed by atoms with Crippen LogP contribution in [0.1, 0.15) is 12.5 Å². The topological polar surface area (TPSA) is 3.24 Å². The highest BCUT2D eigenvalue weighted by Crippen LogP contribution is 2.21. The molecule has 1 aromatic carbocycles. The van der Waals surface area contributed by atoms with Gasteiger partial charge in [0.2, 0.25) is 0 Å². The zero-order chi connectivity index (χ0) is 11.5. The molecule has 1 saturated heterocycles. The molecule has 88 valence electrons. The lowest BCUT2D eigenvalue weighted by atomic mass is 10.2. The van der Waals surface area contributed by atoms with E-state index in [4.69, 9.17) is 0 Å². The molecule has 0 bridgehead atoms. The Labute approximate surface area is 109 Å². The molecule has 1 aromatic rings. The van der Waals surface area contributed by atoms with Gasteiger partial charge in [0, 0.05) is 35.1 Å². The third kappa shape index (κ3) is 3.22. The molecule has 1 nitrogen and oxygen atoms in total. The summed E-state index contributed by atoms with van der Waals surface area (Å²) in [6.07, 6.45) is 0. The molecule has 1 atom stereocenters. The van der Waals surface area contributed by atoms with Gasteiger partial charge in [-0.2, -0.15) is 11.8 Å². The average molecular weight is 304 g/mol. The van der Waals surface area contributed by atoms with Gasteiger partial charge in [0.1, 0.15) is 5.82 Å². The largest absolute Gasteiger partial charge is 0.295 e. The van der Waals surface area contributed by atoms with E-state index in [1.54, 1.807) is 6.07 Å². The molecule has 1 aliphatic rings. The Morgan fingerprint density at radius 3 is 3.00 bits per heavy atom. The van der Waals surface area contributed by atoms with Crippen molar-refractivity contribution in [1.82, 2.24) is 4.90 Å². The van der Waals surface area contributed by atoms with Gasteiger partial charge < -0.3 is 0 Å². The summed E-state index contributed by atoms with van der Waals surface area (Å²) < 4.78 is 14.0. The molecule has 0 aromatic heterocycles. The Morgan fingerprint density at radius 2 is 2.31 bits per heavy atom. The standard InChI is InChI=1S/C12H15BrFNS/c1-9-8-16-3-2-15(9)7-10-4-11(13)6-12(14)5-10/h4-6,9H,2-3,7-8H2,1H3. The van der Waals surface area contributed by atoms with Crippen LogP contribution in [0.25, 0.3) is 0 Å². The smallest absolute Gasteiger partial charge is 0.124 e. The molecule has 2 rings (SSSR count). The van der Waals surface area contributed by atoms with E-state index in [1.807, 2.05) is 17.8 Å². The second-order valence-corrected chi connectivity index (χ2v) is 6.24. The normalized spacial score (nSPS) is 22.3. The molecule has 1 aliphatic heterocycles. The van der Waals surface area contributed by atoms with E-state index >= 15 is 0 Å². The van der Waals surface area contributed by atoms with Crippen LogP contribution in [0.15, 0.2) is 22.7 Å². The van der Waals surface area contributed by atoms with Gasteiger partial charge in [0.25, 0.3) is 0 Å². The second-order valence-electron chi connectivity index (χ2n) is 4.17. The van der Waals surface area contributed by atoms with E-state index < -0.39 is 0 Å². The number of thioether (sulfide) groups is 1. The average Bonchev–Trinajstić information content (AvgIpc) is 2.20. The summed E-state index contributed by atoms with van der Waals surface area (Å²) in [6, 6.07) is 5.70. The van der Waals surface area contributed by atoms with Gasteiger partial charge >= 0.3 is 0 Å². The monoisotopic (exact) mass is 303 g/mol. The Bertz CT molecular complexity index is 352. The lowest BCUT2D eigenvalue weighted by Crippen LogP contribution is -2.39. The predicted octanol–water partition coefficient (Wildman–Crippen LogP) is 3.53. The van der Waals surface area contributed by atoms with Crippen molar-refractivity contribution in [3.05, 3.63) is 34.1 Å². The molecule has 0 N–H and O–H groups in total. The van der Waals surface area contributed by atoms with Crippen LogP contribution in [0.5, 0.6) is 0 Å². The molecule has 1 unspecified atom stereocenters. The zero-order valence-corrected chi connectivity index (χ0v) is 11.7. The van der Waals surface area contributed by atoms with Gasteiger partial charge in [-0.1, -0.05) is 15.9 Å². The number of halogens is 2. The minimum Gasteiger partial charge on any atom is -0.295 e. The van der Waals surface area contributed by atoms with Crippen LogP contribution in [0, 0.1) is 5.82 Å². The van der Waals surface area contributed by atoms with E-state index in [9.17, 15) is 4.39 Å². The molecule has 4 heteroatoms. The molecule has 0 spiro atoms. The summed E-state index contributed by atoms with van der Waals surface area (Å²) in [7, 11) is 0. The molecule has 0 radical (unpaired) electrons. The van der Waals surface area contributed by atoms with Crippen molar-refractivity contribution in [2.45, 2.75) is 19.5 Å². The van der Waals surface area contributed by atoms with Crippen molar-refractivity contribution in [2.24, 2.45) is 0 Å². The van der Waals surface area contributed by atoms with Gasteiger partial charge in [-0.25, -0.2) is 4.39 Å². The highest BCUT2D eigenvalue weighted by molar-refractivity contribution is 9.10. The van der Waals surface area contributed by atoms with Gasteiger partial charge in [-0.15, -0.1) is 0 Å². The maximum atomic E-state index is 13.2. The van der Waals surface area contributed by atoms with Gasteiger partial charge in [0.15, 0.2) is 0 Å². The van der Waals surface area contributed by atoms with E-state index in [1.165, 1.54) is 17.6 Å². The molecule has 1 heterocycles. The minimum absolute atomic E-state index is 0.164. The van der Waals surface area contributed by atoms with Crippen LogP contribution in [-0.4, -0.2) is 29.0 Å². The summed E-state index contributed by atoms with van der Waals surface area (Å²) in [4.78, 5) is 2.41. The molecular weight excluding hydrogens is 289 g/mol. The molecule has 0 amide bonds. The van der Waals surface area contributed by atoms with Crippen LogP contribution < -0.4 is 0 Å². The van der Waals surface area contributed by atoms with Gasteiger partial charge in [-0.3, -0.25) is 4.90 Å². The number of hydrogen-bond acceptors (Lipinski definition) is 2. The fourth-order valence-electron chi connectivity index (χ4n) is 1.93.